The van der Waals surface area contributed by atoms with Crippen molar-refractivity contribution in [1.29, 1.82) is 0 Å². The molecular formula is C20H26BrF2NO3. The van der Waals surface area contributed by atoms with Crippen LogP contribution in [0.1, 0.15) is 61.8 Å². The second-order valence-electron chi connectivity index (χ2n) is 8.26. The third-order valence-electron chi connectivity index (χ3n) is 4.65. The Morgan fingerprint density at radius 3 is 2.48 bits per heavy atom. The average molecular weight is 446 g/mol. The fourth-order valence-electron chi connectivity index (χ4n) is 2.94. The third-order valence-corrected chi connectivity index (χ3v) is 5.22. The van der Waals surface area contributed by atoms with Gasteiger partial charge < -0.3 is 9.64 Å². The van der Waals surface area contributed by atoms with Crippen LogP contribution in [0.4, 0.5) is 8.78 Å². The van der Waals surface area contributed by atoms with E-state index in [-0.39, 0.29) is 23.9 Å². The first-order valence-corrected chi connectivity index (χ1v) is 9.97. The number of carbonyl (C=O) groups excluding carboxylic acids is 2. The molecule has 2 rings (SSSR count). The molecule has 0 aromatic heterocycles. The Balaban J connectivity index is 2.28. The van der Waals surface area contributed by atoms with Crippen molar-refractivity contribution < 1.29 is 23.1 Å². The predicted octanol–water partition coefficient (Wildman–Crippen LogP) is 4.51. The molecule has 1 saturated carbocycles. The average Bonchev–Trinajstić information content (AvgIpc) is 3.19. The lowest BCUT2D eigenvalue weighted by Gasteiger charge is -2.24. The maximum atomic E-state index is 14.1. The molecule has 0 N–H and O–H groups in total. The maximum absolute atomic E-state index is 14.1. The van der Waals surface area contributed by atoms with Crippen LogP contribution in [0.5, 0.6) is 0 Å². The molecule has 0 saturated heterocycles. The van der Waals surface area contributed by atoms with Gasteiger partial charge in [-0.25, -0.2) is 8.78 Å². The first-order chi connectivity index (χ1) is 12.4. The normalized spacial score (nSPS) is 22.9. The summed E-state index contributed by atoms with van der Waals surface area (Å²) in [5.41, 5.74) is -0.289. The van der Waals surface area contributed by atoms with Crippen molar-refractivity contribution in [2.75, 3.05) is 18.9 Å². The van der Waals surface area contributed by atoms with E-state index in [9.17, 15) is 18.4 Å². The summed E-state index contributed by atoms with van der Waals surface area (Å²) in [6, 6.07) is 4.62. The molecular weight excluding hydrogens is 420 g/mol. The summed E-state index contributed by atoms with van der Waals surface area (Å²) in [6.45, 7) is 6.74. The summed E-state index contributed by atoms with van der Waals surface area (Å²) in [7, 11) is 1.49. The van der Waals surface area contributed by atoms with Gasteiger partial charge in [-0.1, -0.05) is 35.0 Å². The van der Waals surface area contributed by atoms with E-state index in [0.29, 0.717) is 11.1 Å². The molecule has 0 radical (unpaired) electrons. The van der Waals surface area contributed by atoms with Crippen molar-refractivity contribution >= 4 is 27.8 Å². The number of halogens is 3. The molecule has 1 amide bonds. The van der Waals surface area contributed by atoms with E-state index >= 15 is 0 Å². The van der Waals surface area contributed by atoms with Gasteiger partial charge in [-0.3, -0.25) is 9.59 Å². The molecule has 1 aromatic carbocycles. The van der Waals surface area contributed by atoms with Gasteiger partial charge in [0.05, 0.1) is 0 Å². The molecule has 27 heavy (non-hydrogen) atoms. The summed E-state index contributed by atoms with van der Waals surface area (Å²) < 4.78 is 33.3. The number of carbonyl (C=O) groups is 2. The molecule has 1 unspecified atom stereocenters. The molecule has 1 aliphatic carbocycles. The number of likely N-dealkylation sites (N-methyl/N-ethyl adjacent to an activating group) is 1. The zero-order valence-electron chi connectivity index (χ0n) is 16.3. The van der Waals surface area contributed by atoms with Crippen LogP contribution in [0, 0.1) is 0 Å². The third kappa shape index (κ3) is 5.06. The summed E-state index contributed by atoms with van der Waals surface area (Å²) >= 11 is 3.10. The van der Waals surface area contributed by atoms with Gasteiger partial charge in [0.1, 0.15) is 24.5 Å². The Labute approximate surface area is 167 Å². The largest absolute Gasteiger partial charge is 0.459 e. The Morgan fingerprint density at radius 2 is 2.00 bits per heavy atom. The molecule has 0 spiro atoms. The quantitative estimate of drug-likeness (QED) is 0.478. The Kier molecular flexibility index (Phi) is 6.34. The summed E-state index contributed by atoms with van der Waals surface area (Å²) in [4.78, 5) is 26.1. The Bertz CT molecular complexity index is 734. The van der Waals surface area contributed by atoms with Gasteiger partial charge in [0.15, 0.2) is 0 Å². The summed E-state index contributed by atoms with van der Waals surface area (Å²) in [5.74, 6) is -0.947. The lowest BCUT2D eigenvalue weighted by Crippen LogP contribution is -2.37. The highest BCUT2D eigenvalue weighted by Gasteiger charge is 2.54. The number of esters is 1. The SMILES string of the molecule is CN(CC(=O)OC(C)(C)C)C(=O)c1ccc(C(F)CBr)cc1[C@]1(C)C[C@H]1F. The number of benzene rings is 1. The molecule has 0 aliphatic heterocycles. The van der Waals surface area contributed by atoms with E-state index in [1.165, 1.54) is 24.1 Å². The minimum Gasteiger partial charge on any atom is -0.459 e. The molecule has 0 heterocycles. The molecule has 4 nitrogen and oxygen atoms in total. The number of ether oxygens (including phenoxy) is 1. The topological polar surface area (TPSA) is 46.6 Å². The molecule has 1 aliphatic rings. The molecule has 1 aromatic rings. The minimum atomic E-state index is -1.24. The van der Waals surface area contributed by atoms with Crippen molar-refractivity contribution in [3.63, 3.8) is 0 Å². The second kappa shape index (κ2) is 7.86. The number of rotatable bonds is 6. The standard InChI is InChI=1S/C20H26BrF2NO3/c1-19(2,3)27-17(25)11-24(5)18(26)13-7-6-12(15(22)10-21)8-14(13)20(4)9-16(20)23/h6-8,15-16H,9-11H2,1-5H3/t15?,16-,20+/m1/s1. The minimum absolute atomic E-state index is 0.119. The van der Waals surface area contributed by atoms with E-state index in [1.54, 1.807) is 33.8 Å². The first kappa shape index (κ1) is 21.8. The number of hydrogen-bond donors (Lipinski definition) is 0. The lowest BCUT2D eigenvalue weighted by atomic mass is 9.89. The number of alkyl halides is 3. The summed E-state index contributed by atoms with van der Waals surface area (Å²) in [5, 5.41) is 0.119. The second-order valence-corrected chi connectivity index (χ2v) is 8.91. The van der Waals surface area contributed by atoms with Gasteiger partial charge in [0, 0.05) is 23.4 Å². The van der Waals surface area contributed by atoms with E-state index in [2.05, 4.69) is 15.9 Å². The highest BCUT2D eigenvalue weighted by Crippen LogP contribution is 2.52. The van der Waals surface area contributed by atoms with Gasteiger partial charge in [-0.15, -0.1) is 0 Å². The molecule has 150 valence electrons. The van der Waals surface area contributed by atoms with Gasteiger partial charge in [0.2, 0.25) is 0 Å². The smallest absolute Gasteiger partial charge is 0.326 e. The van der Waals surface area contributed by atoms with Gasteiger partial charge in [0.25, 0.3) is 5.91 Å². The van der Waals surface area contributed by atoms with E-state index in [4.69, 9.17) is 4.74 Å². The lowest BCUT2D eigenvalue weighted by molar-refractivity contribution is -0.155. The van der Waals surface area contributed by atoms with Crippen LogP contribution in [0.25, 0.3) is 0 Å². The van der Waals surface area contributed by atoms with Crippen molar-refractivity contribution in [1.82, 2.24) is 4.90 Å². The number of hydrogen-bond acceptors (Lipinski definition) is 3. The van der Waals surface area contributed by atoms with Crippen LogP contribution in [-0.4, -0.2) is 47.5 Å². The Morgan fingerprint density at radius 1 is 1.41 bits per heavy atom. The first-order valence-electron chi connectivity index (χ1n) is 8.85. The predicted molar refractivity (Wildman–Crippen MR) is 104 cm³/mol. The molecule has 7 heteroatoms. The van der Waals surface area contributed by atoms with E-state index < -0.39 is 35.2 Å². The molecule has 0 bridgehead atoms. The van der Waals surface area contributed by atoms with Crippen molar-refractivity contribution in [2.45, 2.75) is 57.5 Å². The van der Waals surface area contributed by atoms with Gasteiger partial charge in [-0.05, 0) is 44.4 Å². The number of nitrogens with zero attached hydrogens (tertiary/aromatic N) is 1. The zero-order chi connectivity index (χ0) is 20.6. The summed E-state index contributed by atoms with van der Waals surface area (Å²) in [6.07, 6.45) is -2.03. The fraction of sp³-hybridized carbons (Fsp3) is 0.600. The molecule has 3 atom stereocenters. The monoisotopic (exact) mass is 445 g/mol. The highest BCUT2D eigenvalue weighted by atomic mass is 79.9. The van der Waals surface area contributed by atoms with Crippen molar-refractivity contribution in [3.05, 3.63) is 34.9 Å². The van der Waals surface area contributed by atoms with Crippen LogP contribution in [-0.2, 0) is 14.9 Å². The van der Waals surface area contributed by atoms with E-state index in [0.717, 1.165) is 0 Å². The van der Waals surface area contributed by atoms with Crippen LogP contribution in [0.2, 0.25) is 0 Å². The highest BCUT2D eigenvalue weighted by molar-refractivity contribution is 9.09. The number of amides is 1. The molecule has 1 fully saturated rings. The van der Waals surface area contributed by atoms with Crippen LogP contribution >= 0.6 is 15.9 Å². The van der Waals surface area contributed by atoms with Gasteiger partial charge >= 0.3 is 5.97 Å². The maximum Gasteiger partial charge on any atom is 0.326 e. The Hall–Kier alpha value is -1.50. The van der Waals surface area contributed by atoms with Crippen LogP contribution < -0.4 is 0 Å². The van der Waals surface area contributed by atoms with Gasteiger partial charge in [-0.2, -0.15) is 0 Å². The van der Waals surface area contributed by atoms with Crippen molar-refractivity contribution in [3.8, 4) is 0 Å². The van der Waals surface area contributed by atoms with Crippen LogP contribution in [0.15, 0.2) is 18.2 Å². The zero-order valence-corrected chi connectivity index (χ0v) is 17.9. The van der Waals surface area contributed by atoms with Crippen LogP contribution in [0.3, 0.4) is 0 Å². The fourth-order valence-corrected chi connectivity index (χ4v) is 3.32. The van der Waals surface area contributed by atoms with E-state index in [1.807, 2.05) is 0 Å². The van der Waals surface area contributed by atoms with Crippen molar-refractivity contribution in [2.24, 2.45) is 0 Å².